The summed E-state index contributed by atoms with van der Waals surface area (Å²) in [6.07, 6.45) is 1.88. The molecule has 0 aliphatic carbocycles. The molecule has 1 aliphatic rings. The molecule has 8 heteroatoms. The summed E-state index contributed by atoms with van der Waals surface area (Å²) in [5.74, 6) is 3.74. The molecule has 0 bridgehead atoms. The summed E-state index contributed by atoms with van der Waals surface area (Å²) in [6, 6.07) is 19.5. The van der Waals surface area contributed by atoms with E-state index in [0.29, 0.717) is 35.3 Å². The summed E-state index contributed by atoms with van der Waals surface area (Å²) in [6.45, 7) is 7.21. The van der Waals surface area contributed by atoms with E-state index in [4.69, 9.17) is 29.7 Å². The Morgan fingerprint density at radius 3 is 2.53 bits per heavy atom. The van der Waals surface area contributed by atoms with Crippen molar-refractivity contribution in [3.63, 3.8) is 0 Å². The number of hydrogen-bond acceptors (Lipinski definition) is 8. The van der Waals surface area contributed by atoms with E-state index in [0.717, 1.165) is 68.1 Å². The molecule has 1 saturated heterocycles. The maximum atomic E-state index is 6.38. The van der Waals surface area contributed by atoms with Crippen LogP contribution in [0, 0.1) is 0 Å². The van der Waals surface area contributed by atoms with E-state index >= 15 is 0 Å². The third kappa shape index (κ3) is 6.15. The Kier molecular flexibility index (Phi) is 8.21. The van der Waals surface area contributed by atoms with Crippen molar-refractivity contribution in [2.75, 3.05) is 52.3 Å². The molecule has 1 aromatic heterocycles. The monoisotopic (exact) mass is 514 g/mol. The molecule has 198 valence electrons. The van der Waals surface area contributed by atoms with Crippen molar-refractivity contribution in [2.45, 2.75) is 19.8 Å². The average molecular weight is 515 g/mol. The lowest BCUT2D eigenvalue weighted by molar-refractivity contribution is 0.0357. The van der Waals surface area contributed by atoms with Gasteiger partial charge in [-0.2, -0.15) is 0 Å². The Morgan fingerprint density at radius 1 is 0.947 bits per heavy atom. The van der Waals surface area contributed by atoms with Crippen LogP contribution >= 0.6 is 0 Å². The van der Waals surface area contributed by atoms with Crippen LogP contribution in [0.1, 0.15) is 18.9 Å². The van der Waals surface area contributed by atoms with Crippen LogP contribution in [-0.2, 0) is 11.2 Å². The first-order valence-electron chi connectivity index (χ1n) is 13.1. The van der Waals surface area contributed by atoms with Crippen molar-refractivity contribution in [1.82, 2.24) is 14.9 Å². The van der Waals surface area contributed by atoms with E-state index in [-0.39, 0.29) is 0 Å². The largest absolute Gasteiger partial charge is 0.493 e. The number of rotatable bonds is 10. The zero-order valence-electron chi connectivity index (χ0n) is 22.0. The summed E-state index contributed by atoms with van der Waals surface area (Å²) >= 11 is 0. The molecule has 3 aromatic carbocycles. The molecule has 0 amide bonds. The quantitative estimate of drug-likeness (QED) is 0.284. The normalized spacial score (nSPS) is 13.9. The number of nitrogens with two attached hydrogens (primary N) is 1. The fourth-order valence-corrected chi connectivity index (χ4v) is 4.49. The van der Waals surface area contributed by atoms with Crippen molar-refractivity contribution in [3.05, 3.63) is 66.2 Å². The second kappa shape index (κ2) is 12.1. The number of ether oxygens (including phenoxy) is 4. The van der Waals surface area contributed by atoms with Gasteiger partial charge in [0.15, 0.2) is 17.3 Å². The van der Waals surface area contributed by atoms with Gasteiger partial charge in [-0.05, 0) is 60.9 Å². The molecule has 38 heavy (non-hydrogen) atoms. The Bertz CT molecular complexity index is 1370. The third-order valence-electron chi connectivity index (χ3n) is 6.65. The predicted molar refractivity (Wildman–Crippen MR) is 149 cm³/mol. The van der Waals surface area contributed by atoms with Gasteiger partial charge in [-0.1, -0.05) is 19.1 Å². The minimum absolute atomic E-state index is 0.391. The van der Waals surface area contributed by atoms with Gasteiger partial charge >= 0.3 is 0 Å². The van der Waals surface area contributed by atoms with Crippen LogP contribution in [0.15, 0.2) is 60.7 Å². The van der Waals surface area contributed by atoms with Crippen molar-refractivity contribution in [1.29, 1.82) is 0 Å². The minimum atomic E-state index is 0.391. The van der Waals surface area contributed by atoms with Crippen molar-refractivity contribution in [2.24, 2.45) is 0 Å². The number of anilines is 1. The fourth-order valence-electron chi connectivity index (χ4n) is 4.49. The lowest BCUT2D eigenvalue weighted by Gasteiger charge is -2.26. The number of morpholine rings is 1. The van der Waals surface area contributed by atoms with Crippen molar-refractivity contribution >= 4 is 16.7 Å². The zero-order valence-corrected chi connectivity index (χ0v) is 22.0. The topological polar surface area (TPSA) is 92.0 Å². The molecule has 2 N–H and O–H groups in total. The van der Waals surface area contributed by atoms with Crippen LogP contribution < -0.4 is 19.9 Å². The highest BCUT2D eigenvalue weighted by molar-refractivity contribution is 5.92. The second-order valence-electron chi connectivity index (χ2n) is 9.24. The molecule has 1 fully saturated rings. The van der Waals surface area contributed by atoms with Crippen LogP contribution in [0.5, 0.6) is 23.0 Å². The van der Waals surface area contributed by atoms with Crippen molar-refractivity contribution < 1.29 is 18.9 Å². The lowest BCUT2D eigenvalue weighted by atomic mass is 10.1. The first-order chi connectivity index (χ1) is 18.6. The summed E-state index contributed by atoms with van der Waals surface area (Å²) in [5.41, 5.74) is 9.15. The van der Waals surface area contributed by atoms with E-state index in [9.17, 15) is 0 Å². The first-order valence-corrected chi connectivity index (χ1v) is 13.1. The number of methoxy groups -OCH3 is 1. The minimum Gasteiger partial charge on any atom is -0.493 e. The van der Waals surface area contributed by atoms with Gasteiger partial charge in [0.2, 0.25) is 0 Å². The summed E-state index contributed by atoms with van der Waals surface area (Å²) < 4.78 is 23.1. The van der Waals surface area contributed by atoms with Gasteiger partial charge in [-0.15, -0.1) is 0 Å². The molecule has 0 saturated carbocycles. The highest BCUT2D eigenvalue weighted by Crippen LogP contribution is 2.35. The molecule has 4 aromatic rings. The lowest BCUT2D eigenvalue weighted by Crippen LogP contribution is -2.37. The molecule has 5 rings (SSSR count). The van der Waals surface area contributed by atoms with Gasteiger partial charge in [-0.25, -0.2) is 9.97 Å². The van der Waals surface area contributed by atoms with E-state index in [2.05, 4.69) is 28.9 Å². The molecule has 0 radical (unpaired) electrons. The van der Waals surface area contributed by atoms with E-state index < -0.39 is 0 Å². The maximum absolute atomic E-state index is 6.38. The number of hydrogen-bond donors (Lipinski definition) is 1. The van der Waals surface area contributed by atoms with Gasteiger partial charge < -0.3 is 24.7 Å². The summed E-state index contributed by atoms with van der Waals surface area (Å²) in [7, 11) is 1.63. The molecule has 0 atom stereocenters. The molecule has 2 heterocycles. The smallest absolute Gasteiger partial charge is 0.162 e. The van der Waals surface area contributed by atoms with Gasteiger partial charge in [-0.3, -0.25) is 4.90 Å². The highest BCUT2D eigenvalue weighted by Gasteiger charge is 2.14. The molecular formula is C30H34N4O4. The van der Waals surface area contributed by atoms with Crippen LogP contribution in [0.4, 0.5) is 5.82 Å². The van der Waals surface area contributed by atoms with Crippen molar-refractivity contribution in [3.8, 4) is 34.4 Å². The Balaban J connectivity index is 1.29. The van der Waals surface area contributed by atoms with E-state index in [1.165, 1.54) is 5.56 Å². The number of nitrogens with zero attached hydrogens (tertiary/aromatic N) is 3. The molecule has 1 aliphatic heterocycles. The number of aryl methyl sites for hydroxylation is 1. The maximum Gasteiger partial charge on any atom is 0.162 e. The van der Waals surface area contributed by atoms with Gasteiger partial charge in [0, 0.05) is 36.7 Å². The van der Waals surface area contributed by atoms with Gasteiger partial charge in [0.05, 0.1) is 32.4 Å². The standard InChI is InChI=1S/C30H34N4O4/c1-3-21-6-4-7-24(18-21)38-23-10-8-22(9-11-23)30-32-26-20-27(35-2)28(19-25(26)29(31)33-30)37-15-5-12-34-13-16-36-17-14-34/h4,6-11,18-20H,3,5,12-17H2,1-2H3,(H2,31,32,33). The van der Waals surface area contributed by atoms with E-state index in [1.807, 2.05) is 48.5 Å². The molecule has 8 nitrogen and oxygen atoms in total. The SMILES string of the molecule is CCc1cccc(Oc2ccc(-c3nc(N)c4cc(OCCCN5CCOCC5)c(OC)cc4n3)cc2)c1. The molecule has 0 spiro atoms. The average Bonchev–Trinajstić information content (AvgIpc) is 2.96. The van der Waals surface area contributed by atoms with E-state index in [1.54, 1.807) is 7.11 Å². The zero-order chi connectivity index (χ0) is 26.3. The number of fused-ring (bicyclic) bond motifs is 1. The number of aromatic nitrogens is 2. The van der Waals surface area contributed by atoms with Crippen LogP contribution in [-0.4, -0.2) is 61.4 Å². The van der Waals surface area contributed by atoms with Crippen LogP contribution in [0.2, 0.25) is 0 Å². The Labute approximate surface area is 223 Å². The number of nitrogen functional groups attached to an aromatic ring is 1. The van der Waals surface area contributed by atoms with Crippen LogP contribution in [0.25, 0.3) is 22.3 Å². The van der Waals surface area contributed by atoms with Crippen LogP contribution in [0.3, 0.4) is 0 Å². The summed E-state index contributed by atoms with van der Waals surface area (Å²) in [5, 5.41) is 0.730. The first kappa shape index (κ1) is 25.8. The van der Waals surface area contributed by atoms with Gasteiger partial charge in [0.1, 0.15) is 17.3 Å². The highest BCUT2D eigenvalue weighted by atomic mass is 16.5. The van der Waals surface area contributed by atoms with Gasteiger partial charge in [0.25, 0.3) is 0 Å². The number of benzene rings is 3. The summed E-state index contributed by atoms with van der Waals surface area (Å²) in [4.78, 5) is 11.7. The third-order valence-corrected chi connectivity index (χ3v) is 6.65. The molecule has 0 unspecified atom stereocenters. The Morgan fingerprint density at radius 2 is 1.76 bits per heavy atom. The molecular weight excluding hydrogens is 480 g/mol. The predicted octanol–water partition coefficient (Wildman–Crippen LogP) is 5.34. The fraction of sp³-hybridized carbons (Fsp3) is 0.333. The Hall–Kier alpha value is -3.88. The second-order valence-corrected chi connectivity index (χ2v) is 9.24.